The molecule has 0 saturated carbocycles. The van der Waals surface area contributed by atoms with E-state index in [1.54, 1.807) is 31.4 Å². The molecule has 4 nitrogen and oxygen atoms in total. The van der Waals surface area contributed by atoms with E-state index in [2.05, 4.69) is 5.32 Å². The van der Waals surface area contributed by atoms with Gasteiger partial charge in [0.2, 0.25) is 0 Å². The van der Waals surface area contributed by atoms with Crippen molar-refractivity contribution in [3.8, 4) is 5.75 Å². The van der Waals surface area contributed by atoms with Crippen molar-refractivity contribution >= 4 is 27.1 Å². The van der Waals surface area contributed by atoms with Crippen LogP contribution in [0.4, 0.5) is 5.69 Å². The highest BCUT2D eigenvalue weighted by molar-refractivity contribution is 7.90. The first kappa shape index (κ1) is 15.7. The molecule has 2 rings (SSSR count). The minimum Gasteiger partial charge on any atom is -0.495 e. The summed E-state index contributed by atoms with van der Waals surface area (Å²) in [5.41, 5.74) is 1.72. The molecule has 0 aliphatic carbocycles. The first-order valence-corrected chi connectivity index (χ1v) is 8.53. The number of hydrogen-bond acceptors (Lipinski definition) is 4. The van der Waals surface area contributed by atoms with Crippen molar-refractivity contribution in [2.45, 2.75) is 11.4 Å². The van der Waals surface area contributed by atoms with E-state index in [9.17, 15) is 8.42 Å². The van der Waals surface area contributed by atoms with Crippen LogP contribution < -0.4 is 10.1 Å². The zero-order chi connectivity index (χ0) is 15.5. The van der Waals surface area contributed by atoms with Crippen LogP contribution in [0.3, 0.4) is 0 Å². The second-order valence-electron chi connectivity index (χ2n) is 4.62. The number of benzene rings is 2. The Morgan fingerprint density at radius 2 is 1.95 bits per heavy atom. The fraction of sp³-hybridized carbons (Fsp3) is 0.200. The summed E-state index contributed by atoms with van der Waals surface area (Å²) in [6.07, 6.45) is 1.19. The average Bonchev–Trinajstić information content (AvgIpc) is 2.45. The lowest BCUT2D eigenvalue weighted by Gasteiger charge is -2.09. The maximum atomic E-state index is 11.5. The topological polar surface area (TPSA) is 55.4 Å². The van der Waals surface area contributed by atoms with Crippen LogP contribution in [0.2, 0.25) is 5.02 Å². The van der Waals surface area contributed by atoms with Crippen LogP contribution in [0.15, 0.2) is 47.4 Å². The Labute approximate surface area is 129 Å². The molecule has 0 amide bonds. The van der Waals surface area contributed by atoms with Crippen molar-refractivity contribution in [2.75, 3.05) is 18.7 Å². The minimum absolute atomic E-state index is 0.292. The zero-order valence-electron chi connectivity index (χ0n) is 11.8. The van der Waals surface area contributed by atoms with E-state index in [4.69, 9.17) is 16.3 Å². The minimum atomic E-state index is -3.20. The van der Waals surface area contributed by atoms with Crippen LogP contribution in [-0.2, 0) is 16.4 Å². The third kappa shape index (κ3) is 4.12. The van der Waals surface area contributed by atoms with Crippen LogP contribution in [0.25, 0.3) is 0 Å². The van der Waals surface area contributed by atoms with Crippen molar-refractivity contribution in [3.63, 3.8) is 0 Å². The third-order valence-corrected chi connectivity index (χ3v) is 4.38. The lowest BCUT2D eigenvalue weighted by atomic mass is 10.2. The second-order valence-corrected chi connectivity index (χ2v) is 7.05. The van der Waals surface area contributed by atoms with Crippen LogP contribution >= 0.6 is 11.6 Å². The number of sulfone groups is 1. The van der Waals surface area contributed by atoms with Gasteiger partial charge in [-0.05, 0) is 35.9 Å². The van der Waals surface area contributed by atoms with E-state index in [-0.39, 0.29) is 0 Å². The molecule has 112 valence electrons. The van der Waals surface area contributed by atoms with E-state index in [0.717, 1.165) is 11.3 Å². The molecule has 0 aliphatic rings. The Kier molecular flexibility index (Phi) is 4.75. The molecule has 21 heavy (non-hydrogen) atoms. The van der Waals surface area contributed by atoms with Crippen LogP contribution in [0, 0.1) is 0 Å². The van der Waals surface area contributed by atoms with Gasteiger partial charge in [0, 0.05) is 18.5 Å². The van der Waals surface area contributed by atoms with Gasteiger partial charge < -0.3 is 10.1 Å². The van der Waals surface area contributed by atoms with Crippen molar-refractivity contribution in [1.82, 2.24) is 0 Å². The van der Waals surface area contributed by atoms with Gasteiger partial charge >= 0.3 is 0 Å². The molecule has 0 saturated heterocycles. The van der Waals surface area contributed by atoms with Crippen molar-refractivity contribution in [1.29, 1.82) is 0 Å². The summed E-state index contributed by atoms with van der Waals surface area (Å²) < 4.78 is 28.1. The largest absolute Gasteiger partial charge is 0.495 e. The van der Waals surface area contributed by atoms with Crippen molar-refractivity contribution in [3.05, 3.63) is 53.1 Å². The molecule has 6 heteroatoms. The quantitative estimate of drug-likeness (QED) is 0.915. The molecule has 0 spiro atoms. The fourth-order valence-corrected chi connectivity index (χ4v) is 2.81. The molecule has 0 atom stereocenters. The van der Waals surface area contributed by atoms with E-state index in [1.807, 2.05) is 18.2 Å². The number of hydrogen-bond donors (Lipinski definition) is 1. The predicted molar refractivity (Wildman–Crippen MR) is 84.9 cm³/mol. The third-order valence-electron chi connectivity index (χ3n) is 2.98. The Balaban J connectivity index is 2.11. The summed E-state index contributed by atoms with van der Waals surface area (Å²) in [5, 5.41) is 3.72. The number of rotatable bonds is 5. The van der Waals surface area contributed by atoms with Gasteiger partial charge in [-0.3, -0.25) is 0 Å². The Bertz CT molecular complexity index is 744. The lowest BCUT2D eigenvalue weighted by molar-refractivity contribution is 0.415. The number of nitrogens with one attached hydrogen (secondary N) is 1. The zero-order valence-corrected chi connectivity index (χ0v) is 13.3. The van der Waals surface area contributed by atoms with Gasteiger partial charge in [-0.1, -0.05) is 23.7 Å². The summed E-state index contributed by atoms with van der Waals surface area (Å²) in [6.45, 7) is 0.539. The highest BCUT2D eigenvalue weighted by Crippen LogP contribution is 2.25. The maximum Gasteiger partial charge on any atom is 0.175 e. The summed E-state index contributed by atoms with van der Waals surface area (Å²) in [6, 6.07) is 12.2. The van der Waals surface area contributed by atoms with Crippen LogP contribution in [-0.4, -0.2) is 21.8 Å². The molecular weight excluding hydrogens is 310 g/mol. The monoisotopic (exact) mass is 325 g/mol. The Hall–Kier alpha value is -1.72. The van der Waals surface area contributed by atoms with E-state index in [1.165, 1.54) is 6.26 Å². The molecule has 0 radical (unpaired) electrons. The first-order valence-electron chi connectivity index (χ1n) is 6.26. The molecule has 0 aromatic heterocycles. The molecule has 0 aliphatic heterocycles. The number of ether oxygens (including phenoxy) is 1. The van der Waals surface area contributed by atoms with E-state index >= 15 is 0 Å². The molecule has 0 bridgehead atoms. The second kappa shape index (κ2) is 6.37. The number of halogens is 1. The average molecular weight is 326 g/mol. The molecule has 0 heterocycles. The summed E-state index contributed by atoms with van der Waals surface area (Å²) in [7, 11) is -1.64. The SMILES string of the molecule is COc1ccc(CNc2cccc(S(C)(=O)=O)c2)cc1Cl. The highest BCUT2D eigenvalue weighted by Gasteiger charge is 2.07. The van der Waals surface area contributed by atoms with Gasteiger partial charge in [0.1, 0.15) is 5.75 Å². The molecule has 2 aromatic carbocycles. The van der Waals surface area contributed by atoms with Gasteiger partial charge in [-0.15, -0.1) is 0 Å². The van der Waals surface area contributed by atoms with Gasteiger partial charge in [0.25, 0.3) is 0 Å². The van der Waals surface area contributed by atoms with E-state index < -0.39 is 9.84 Å². The molecule has 1 N–H and O–H groups in total. The van der Waals surface area contributed by atoms with Gasteiger partial charge in [0.05, 0.1) is 17.0 Å². The van der Waals surface area contributed by atoms with Crippen LogP contribution in [0.5, 0.6) is 5.75 Å². The normalized spacial score (nSPS) is 11.2. The van der Waals surface area contributed by atoms with Crippen LogP contribution in [0.1, 0.15) is 5.56 Å². The molecular formula is C15H16ClNO3S. The number of methoxy groups -OCH3 is 1. The van der Waals surface area contributed by atoms with Gasteiger partial charge in [-0.2, -0.15) is 0 Å². The molecule has 0 unspecified atom stereocenters. The lowest BCUT2D eigenvalue weighted by Crippen LogP contribution is -2.02. The standard InChI is InChI=1S/C15H16ClNO3S/c1-20-15-7-6-11(8-14(15)16)10-17-12-4-3-5-13(9-12)21(2,18)19/h3-9,17H,10H2,1-2H3. The highest BCUT2D eigenvalue weighted by atomic mass is 35.5. The predicted octanol–water partition coefficient (Wildman–Crippen LogP) is 3.36. The Morgan fingerprint density at radius 3 is 2.57 bits per heavy atom. The van der Waals surface area contributed by atoms with Gasteiger partial charge in [0.15, 0.2) is 9.84 Å². The summed E-state index contributed by atoms with van der Waals surface area (Å²) >= 11 is 6.06. The van der Waals surface area contributed by atoms with Gasteiger partial charge in [-0.25, -0.2) is 8.42 Å². The van der Waals surface area contributed by atoms with E-state index in [0.29, 0.717) is 22.2 Å². The van der Waals surface area contributed by atoms with Crippen molar-refractivity contribution in [2.24, 2.45) is 0 Å². The molecule has 2 aromatic rings. The smallest absolute Gasteiger partial charge is 0.175 e. The first-order chi connectivity index (χ1) is 9.90. The summed E-state index contributed by atoms with van der Waals surface area (Å²) in [4.78, 5) is 0.292. The fourth-order valence-electron chi connectivity index (χ4n) is 1.86. The Morgan fingerprint density at radius 1 is 1.19 bits per heavy atom. The molecule has 0 fully saturated rings. The summed E-state index contributed by atoms with van der Waals surface area (Å²) in [5.74, 6) is 0.625. The number of anilines is 1. The van der Waals surface area contributed by atoms with Crippen molar-refractivity contribution < 1.29 is 13.2 Å². The maximum absolute atomic E-state index is 11.5.